The molecule has 0 saturated carbocycles. The zero-order valence-electron chi connectivity index (χ0n) is 18.9. The Morgan fingerprint density at radius 1 is 1.06 bits per heavy atom. The van der Waals surface area contributed by atoms with Gasteiger partial charge >= 0.3 is 5.97 Å². The molecule has 0 aliphatic carbocycles. The van der Waals surface area contributed by atoms with E-state index in [0.29, 0.717) is 18.2 Å². The van der Waals surface area contributed by atoms with E-state index in [1.165, 1.54) is 29.6 Å². The van der Waals surface area contributed by atoms with Crippen LogP contribution >= 0.6 is 11.3 Å². The fourth-order valence-electron chi connectivity index (χ4n) is 3.33. The topological polar surface area (TPSA) is 55.3 Å². The molecule has 0 spiro atoms. The molecule has 0 radical (unpaired) electrons. The van der Waals surface area contributed by atoms with Gasteiger partial charge in [-0.25, -0.2) is 9.13 Å². The monoisotopic (exact) mass is 528 g/mol. The predicted molar refractivity (Wildman–Crippen MR) is 128 cm³/mol. The summed E-state index contributed by atoms with van der Waals surface area (Å²) in [5.41, 5.74) is 3.32. The van der Waals surface area contributed by atoms with Gasteiger partial charge in [-0.15, -0.1) is 11.3 Å². The Morgan fingerprint density at radius 2 is 1.73 bits per heavy atom. The molecule has 1 N–H and O–H groups in total. The lowest BCUT2D eigenvalue weighted by Gasteiger charge is -2.02. The minimum atomic E-state index is -0.230. The molecule has 0 saturated heterocycles. The molecule has 2 aromatic carbocycles. The van der Waals surface area contributed by atoms with Crippen molar-refractivity contribution in [3.63, 3.8) is 0 Å². The summed E-state index contributed by atoms with van der Waals surface area (Å²) >= 11 is 1.35. The van der Waals surface area contributed by atoms with Gasteiger partial charge < -0.3 is 26.8 Å². The third-order valence-corrected chi connectivity index (χ3v) is 5.82. The highest BCUT2D eigenvalue weighted by Crippen LogP contribution is 2.33. The maximum atomic E-state index is 10.7. The normalized spacial score (nSPS) is 10.0. The summed E-state index contributed by atoms with van der Waals surface area (Å²) in [7, 11) is 0. The highest BCUT2D eigenvalue weighted by atomic mass is 79.9. The number of imidazole rings is 1. The SMILES string of the molecule is CC(=O)OCCn1cc[n+](CCc2ccccc2)c1C.Oc1sccc1-c1ccccc1.[Br-]. The second kappa shape index (κ2) is 13.6. The van der Waals surface area contributed by atoms with Gasteiger partial charge in [0, 0.05) is 25.8 Å². The van der Waals surface area contributed by atoms with Crippen molar-refractivity contribution >= 4 is 17.3 Å². The highest BCUT2D eigenvalue weighted by molar-refractivity contribution is 7.12. The summed E-state index contributed by atoms with van der Waals surface area (Å²) in [6.07, 6.45) is 5.12. The van der Waals surface area contributed by atoms with Crippen LogP contribution in [0.15, 0.2) is 84.5 Å². The Balaban J connectivity index is 0.000000253. The van der Waals surface area contributed by atoms with Crippen molar-refractivity contribution in [1.29, 1.82) is 0 Å². The fourth-order valence-corrected chi connectivity index (χ4v) is 3.98. The number of carbonyl (C=O) groups is 1. The molecule has 4 rings (SSSR count). The molecule has 174 valence electrons. The molecule has 2 heterocycles. The lowest BCUT2D eigenvalue weighted by molar-refractivity contribution is -0.702. The Kier molecular flexibility index (Phi) is 10.9. The van der Waals surface area contributed by atoms with Crippen LogP contribution in [0, 0.1) is 6.92 Å². The van der Waals surface area contributed by atoms with Crippen molar-refractivity contribution in [1.82, 2.24) is 4.57 Å². The summed E-state index contributed by atoms with van der Waals surface area (Å²) in [5, 5.41) is 11.7. The van der Waals surface area contributed by atoms with Gasteiger partial charge in [0.15, 0.2) is 5.06 Å². The van der Waals surface area contributed by atoms with Gasteiger partial charge in [0.2, 0.25) is 0 Å². The van der Waals surface area contributed by atoms with E-state index in [9.17, 15) is 9.90 Å². The van der Waals surface area contributed by atoms with Crippen LogP contribution in [0.5, 0.6) is 5.06 Å². The number of halogens is 1. The fraction of sp³-hybridized carbons (Fsp3) is 0.231. The van der Waals surface area contributed by atoms with Crippen LogP contribution in [0.2, 0.25) is 0 Å². The lowest BCUT2D eigenvalue weighted by Crippen LogP contribution is -3.00. The standard InChI is InChI=1S/C16H21N2O2.C10H8OS.BrH/c1-14-17(9-8-16-6-4-3-5-7-16)10-11-18(14)12-13-20-15(2)19;11-10-9(6-7-12-10)8-4-2-1-3-5-8;/h3-7,10-11H,8-9,12-13H2,1-2H3;1-7,11H;1H/q+1;;/p-1. The van der Waals surface area contributed by atoms with Crippen LogP contribution in [0.25, 0.3) is 11.1 Å². The van der Waals surface area contributed by atoms with Gasteiger partial charge in [-0.2, -0.15) is 0 Å². The van der Waals surface area contributed by atoms with Crippen LogP contribution in [-0.2, 0) is 29.0 Å². The maximum Gasteiger partial charge on any atom is 0.302 e. The van der Waals surface area contributed by atoms with E-state index >= 15 is 0 Å². The van der Waals surface area contributed by atoms with Crippen molar-refractivity contribution in [2.24, 2.45) is 0 Å². The van der Waals surface area contributed by atoms with Gasteiger partial charge in [-0.1, -0.05) is 60.7 Å². The Hall–Kier alpha value is -2.90. The molecule has 5 nitrogen and oxygen atoms in total. The average Bonchev–Trinajstić information content (AvgIpc) is 3.39. The molecule has 4 aromatic rings. The van der Waals surface area contributed by atoms with Crippen molar-refractivity contribution < 1.29 is 36.2 Å². The van der Waals surface area contributed by atoms with E-state index in [-0.39, 0.29) is 23.0 Å². The van der Waals surface area contributed by atoms with Crippen molar-refractivity contribution in [3.05, 3.63) is 95.9 Å². The second-order valence-electron chi connectivity index (χ2n) is 7.31. The molecule has 0 fully saturated rings. The second-order valence-corrected chi connectivity index (χ2v) is 8.21. The number of aromatic hydroxyl groups is 1. The van der Waals surface area contributed by atoms with Gasteiger partial charge in [-0.3, -0.25) is 4.79 Å². The van der Waals surface area contributed by atoms with E-state index < -0.39 is 0 Å². The lowest BCUT2D eigenvalue weighted by atomic mass is 10.1. The van der Waals surface area contributed by atoms with Gasteiger partial charge in [0.05, 0.1) is 6.54 Å². The summed E-state index contributed by atoms with van der Waals surface area (Å²) in [5.74, 6) is 0.944. The Labute approximate surface area is 209 Å². The maximum absolute atomic E-state index is 10.7. The number of hydrogen-bond acceptors (Lipinski definition) is 4. The molecule has 0 atom stereocenters. The predicted octanol–water partition coefficient (Wildman–Crippen LogP) is 2.01. The van der Waals surface area contributed by atoms with Crippen LogP contribution in [0.3, 0.4) is 0 Å². The third-order valence-electron chi connectivity index (χ3n) is 5.11. The van der Waals surface area contributed by atoms with Crippen LogP contribution in [0.1, 0.15) is 18.3 Å². The first-order valence-electron chi connectivity index (χ1n) is 10.6. The van der Waals surface area contributed by atoms with E-state index in [2.05, 4.69) is 46.5 Å². The van der Waals surface area contributed by atoms with E-state index in [1.807, 2.05) is 54.0 Å². The zero-order valence-corrected chi connectivity index (χ0v) is 21.3. The number of esters is 1. The minimum absolute atomic E-state index is 0. The Bertz CT molecular complexity index is 1110. The van der Waals surface area contributed by atoms with Crippen molar-refractivity contribution in [3.8, 4) is 16.2 Å². The van der Waals surface area contributed by atoms with Crippen molar-refractivity contribution in [2.45, 2.75) is 33.4 Å². The number of rotatable bonds is 7. The van der Waals surface area contributed by atoms with Crippen LogP contribution in [-0.4, -0.2) is 22.2 Å². The average molecular weight is 530 g/mol. The molecule has 2 aromatic heterocycles. The molecule has 7 heteroatoms. The first kappa shape index (κ1) is 26.4. The molecule has 0 aliphatic heterocycles. The first-order valence-corrected chi connectivity index (χ1v) is 11.5. The molecule has 33 heavy (non-hydrogen) atoms. The molecular formula is C26H29BrN2O3S. The number of hydrogen-bond donors (Lipinski definition) is 1. The molecule has 0 amide bonds. The quantitative estimate of drug-likeness (QED) is 0.295. The Morgan fingerprint density at radius 3 is 2.33 bits per heavy atom. The number of aryl methyl sites for hydroxylation is 2. The zero-order chi connectivity index (χ0) is 22.8. The van der Waals surface area contributed by atoms with Gasteiger partial charge in [0.25, 0.3) is 5.82 Å². The molecular weight excluding hydrogens is 500 g/mol. The minimum Gasteiger partial charge on any atom is -1.00 e. The largest absolute Gasteiger partial charge is 1.00 e. The third kappa shape index (κ3) is 8.18. The molecule has 0 bridgehead atoms. The highest BCUT2D eigenvalue weighted by Gasteiger charge is 2.12. The first-order chi connectivity index (χ1) is 15.5. The number of carbonyl (C=O) groups excluding carboxylic acids is 1. The summed E-state index contributed by atoms with van der Waals surface area (Å²) in [6, 6.07) is 22.3. The summed E-state index contributed by atoms with van der Waals surface area (Å²) < 4.78 is 9.30. The summed E-state index contributed by atoms with van der Waals surface area (Å²) in [4.78, 5) is 10.7. The van der Waals surface area contributed by atoms with Crippen LogP contribution < -0.4 is 21.5 Å². The molecule has 0 aliphatic rings. The van der Waals surface area contributed by atoms with E-state index in [0.717, 1.165) is 24.1 Å². The van der Waals surface area contributed by atoms with E-state index in [1.54, 1.807) is 0 Å². The molecule has 0 unspecified atom stereocenters. The summed E-state index contributed by atoms with van der Waals surface area (Å²) in [6.45, 7) is 5.59. The van der Waals surface area contributed by atoms with Crippen LogP contribution in [0.4, 0.5) is 0 Å². The van der Waals surface area contributed by atoms with Gasteiger partial charge in [0.1, 0.15) is 25.5 Å². The smallest absolute Gasteiger partial charge is 0.302 e. The number of nitrogens with zero attached hydrogens (tertiary/aromatic N) is 2. The number of benzene rings is 2. The van der Waals surface area contributed by atoms with Crippen molar-refractivity contribution in [2.75, 3.05) is 6.61 Å². The van der Waals surface area contributed by atoms with Gasteiger partial charge in [-0.05, 0) is 22.6 Å². The number of aromatic nitrogens is 2. The number of ether oxygens (including phenoxy) is 1. The number of thiophene rings is 1. The van der Waals surface area contributed by atoms with E-state index in [4.69, 9.17) is 4.74 Å².